The van der Waals surface area contributed by atoms with Crippen molar-refractivity contribution < 1.29 is 54.5 Å². The number of aromatic hydroxyl groups is 1. The van der Waals surface area contributed by atoms with E-state index in [0.717, 1.165) is 6.07 Å². The number of azo groups is 1. The first-order chi connectivity index (χ1) is 11.4. The molecule has 2 aromatic rings. The van der Waals surface area contributed by atoms with Gasteiger partial charge in [-0.3, -0.25) is 4.79 Å². The van der Waals surface area contributed by atoms with E-state index in [4.69, 9.17) is 5.11 Å². The number of hydrogen-bond donors (Lipinski definition) is 3. The van der Waals surface area contributed by atoms with Crippen LogP contribution in [0.15, 0.2) is 52.7 Å². The molecule has 0 aliphatic heterocycles. The minimum Gasteiger partial charge on any atom is -0.545 e. The summed E-state index contributed by atoms with van der Waals surface area (Å²) in [7, 11) is 0. The summed E-state index contributed by atoms with van der Waals surface area (Å²) in [6, 6.07) is 9.82. The molecule has 0 radical (unpaired) electrons. The van der Waals surface area contributed by atoms with E-state index in [-0.39, 0.29) is 40.8 Å². The SMILES string of the molecule is CC(O)NC(=O)c1ccc(/N=N/c2ccc(O)c(C(=O)[O-])c2)cc1.[Na+]. The molecule has 3 N–H and O–H groups in total. The normalized spacial score (nSPS) is 11.6. The van der Waals surface area contributed by atoms with Crippen LogP contribution >= 0.6 is 0 Å². The Morgan fingerprint density at radius 2 is 1.64 bits per heavy atom. The molecule has 25 heavy (non-hydrogen) atoms. The molecular formula is C16H14N3NaO5. The number of amides is 1. The Morgan fingerprint density at radius 3 is 2.20 bits per heavy atom. The number of aromatic carboxylic acids is 1. The van der Waals surface area contributed by atoms with Crippen molar-refractivity contribution in [1.82, 2.24) is 5.32 Å². The van der Waals surface area contributed by atoms with Crippen molar-refractivity contribution in [3.8, 4) is 5.75 Å². The second-order valence-electron chi connectivity index (χ2n) is 4.89. The molecule has 8 nitrogen and oxygen atoms in total. The molecule has 1 atom stereocenters. The van der Waals surface area contributed by atoms with Crippen LogP contribution in [0.5, 0.6) is 5.75 Å². The average molecular weight is 351 g/mol. The molecule has 1 unspecified atom stereocenters. The van der Waals surface area contributed by atoms with Crippen LogP contribution < -0.4 is 40.0 Å². The summed E-state index contributed by atoms with van der Waals surface area (Å²) in [5, 5.41) is 39.4. The van der Waals surface area contributed by atoms with Crippen LogP contribution in [0.25, 0.3) is 0 Å². The van der Waals surface area contributed by atoms with Crippen LogP contribution in [0.3, 0.4) is 0 Å². The van der Waals surface area contributed by atoms with E-state index in [2.05, 4.69) is 15.5 Å². The largest absolute Gasteiger partial charge is 1.00 e. The maximum Gasteiger partial charge on any atom is 1.00 e. The Kier molecular flexibility index (Phi) is 7.72. The van der Waals surface area contributed by atoms with Crippen LogP contribution in [0, 0.1) is 0 Å². The number of hydrogen-bond acceptors (Lipinski definition) is 7. The van der Waals surface area contributed by atoms with Gasteiger partial charge in [-0.25, -0.2) is 0 Å². The van der Waals surface area contributed by atoms with Crippen LogP contribution in [0.1, 0.15) is 27.6 Å². The Labute approximate surface area is 165 Å². The van der Waals surface area contributed by atoms with E-state index < -0.39 is 23.9 Å². The molecule has 0 bridgehead atoms. The third kappa shape index (κ3) is 5.95. The van der Waals surface area contributed by atoms with Gasteiger partial charge in [0, 0.05) is 11.1 Å². The van der Waals surface area contributed by atoms with E-state index in [9.17, 15) is 19.8 Å². The van der Waals surface area contributed by atoms with Crippen molar-refractivity contribution in [2.75, 3.05) is 0 Å². The van der Waals surface area contributed by atoms with Crippen molar-refractivity contribution >= 4 is 23.3 Å². The predicted molar refractivity (Wildman–Crippen MR) is 82.2 cm³/mol. The molecule has 0 aliphatic rings. The van der Waals surface area contributed by atoms with Gasteiger partial charge >= 0.3 is 29.6 Å². The van der Waals surface area contributed by atoms with Gasteiger partial charge in [0.05, 0.1) is 17.3 Å². The van der Waals surface area contributed by atoms with Crippen molar-refractivity contribution in [1.29, 1.82) is 0 Å². The first kappa shape index (κ1) is 20.8. The van der Waals surface area contributed by atoms with Crippen LogP contribution in [0.2, 0.25) is 0 Å². The molecule has 2 rings (SSSR count). The number of benzene rings is 2. The number of nitrogens with zero attached hydrogens (tertiary/aromatic N) is 2. The van der Waals surface area contributed by atoms with Gasteiger partial charge in [-0.2, -0.15) is 10.2 Å². The Bertz CT molecular complexity index is 791. The number of carboxylic acids is 1. The first-order valence-electron chi connectivity index (χ1n) is 6.92. The standard InChI is InChI=1S/C16H15N3O5.Na/c1-9(20)17-15(22)10-2-4-11(5-3-10)18-19-12-6-7-14(21)13(8-12)16(23)24;/h2-9,20-21H,1H3,(H,17,22)(H,23,24);/q;+1/p-1/b19-18+;. The van der Waals surface area contributed by atoms with E-state index in [0.29, 0.717) is 11.3 Å². The van der Waals surface area contributed by atoms with Gasteiger partial charge in [-0.1, -0.05) is 0 Å². The Balaban J connectivity index is 0.00000312. The molecular weight excluding hydrogens is 337 g/mol. The summed E-state index contributed by atoms with van der Waals surface area (Å²) < 4.78 is 0. The van der Waals surface area contributed by atoms with Gasteiger partial charge in [0.15, 0.2) is 0 Å². The van der Waals surface area contributed by atoms with E-state index in [1.165, 1.54) is 31.2 Å². The van der Waals surface area contributed by atoms with E-state index in [1.54, 1.807) is 12.1 Å². The molecule has 2 aromatic carbocycles. The third-order valence-electron chi connectivity index (χ3n) is 2.95. The molecule has 0 saturated carbocycles. The van der Waals surface area contributed by atoms with Crippen molar-refractivity contribution in [2.45, 2.75) is 13.2 Å². The zero-order chi connectivity index (χ0) is 17.7. The van der Waals surface area contributed by atoms with E-state index >= 15 is 0 Å². The fourth-order valence-corrected chi connectivity index (χ4v) is 1.82. The number of carbonyl (C=O) groups excluding carboxylic acids is 2. The van der Waals surface area contributed by atoms with Crippen LogP contribution in [-0.2, 0) is 0 Å². The second-order valence-corrected chi connectivity index (χ2v) is 4.89. The summed E-state index contributed by atoms with van der Waals surface area (Å²) in [5.41, 5.74) is 0.630. The first-order valence-corrected chi connectivity index (χ1v) is 6.92. The minimum absolute atomic E-state index is 0. The summed E-state index contributed by atoms with van der Waals surface area (Å²) in [4.78, 5) is 22.5. The summed E-state index contributed by atoms with van der Waals surface area (Å²) in [5.74, 6) is -2.36. The number of carboxylic acid groups (broad SMARTS) is 1. The number of aliphatic hydroxyl groups excluding tert-OH is 1. The average Bonchev–Trinajstić information content (AvgIpc) is 2.53. The maximum absolute atomic E-state index is 11.7. The van der Waals surface area contributed by atoms with Crippen molar-refractivity contribution in [3.05, 3.63) is 53.6 Å². The fourth-order valence-electron chi connectivity index (χ4n) is 1.82. The molecule has 0 fully saturated rings. The number of nitrogens with one attached hydrogen (secondary N) is 1. The molecule has 0 spiro atoms. The minimum atomic E-state index is -1.52. The summed E-state index contributed by atoms with van der Waals surface area (Å²) in [6.07, 6.45) is -0.954. The Morgan fingerprint density at radius 1 is 1.08 bits per heavy atom. The fraction of sp³-hybridized carbons (Fsp3) is 0.125. The molecule has 0 aliphatic carbocycles. The van der Waals surface area contributed by atoms with E-state index in [1.807, 2.05) is 0 Å². The molecule has 0 heterocycles. The number of phenols is 1. The van der Waals surface area contributed by atoms with Crippen LogP contribution in [0.4, 0.5) is 11.4 Å². The molecule has 9 heteroatoms. The smallest absolute Gasteiger partial charge is 0.545 e. The summed E-state index contributed by atoms with van der Waals surface area (Å²) in [6.45, 7) is 1.43. The quantitative estimate of drug-likeness (QED) is 0.333. The van der Waals surface area contributed by atoms with Gasteiger partial charge in [0.25, 0.3) is 5.91 Å². The van der Waals surface area contributed by atoms with Crippen molar-refractivity contribution in [2.24, 2.45) is 10.2 Å². The van der Waals surface area contributed by atoms with Crippen molar-refractivity contribution in [3.63, 3.8) is 0 Å². The monoisotopic (exact) mass is 351 g/mol. The molecule has 0 saturated heterocycles. The molecule has 124 valence electrons. The van der Waals surface area contributed by atoms with Crippen LogP contribution in [-0.4, -0.2) is 28.3 Å². The Hall–Kier alpha value is -2.26. The maximum atomic E-state index is 11.7. The number of rotatable bonds is 5. The van der Waals surface area contributed by atoms with Gasteiger partial charge in [-0.15, -0.1) is 0 Å². The number of aliphatic hydroxyl groups is 1. The zero-order valence-electron chi connectivity index (χ0n) is 13.6. The molecule has 1 amide bonds. The topological polar surface area (TPSA) is 134 Å². The van der Waals surface area contributed by atoms with Gasteiger partial charge in [0.1, 0.15) is 12.0 Å². The second kappa shape index (κ2) is 9.28. The third-order valence-corrected chi connectivity index (χ3v) is 2.95. The number of carbonyl (C=O) groups is 2. The summed E-state index contributed by atoms with van der Waals surface area (Å²) >= 11 is 0. The predicted octanol–water partition coefficient (Wildman–Crippen LogP) is -1.76. The van der Waals surface area contributed by atoms with Gasteiger partial charge in [-0.05, 0) is 49.4 Å². The van der Waals surface area contributed by atoms with Gasteiger partial charge < -0.3 is 25.4 Å². The zero-order valence-corrected chi connectivity index (χ0v) is 15.6. The van der Waals surface area contributed by atoms with Gasteiger partial charge in [0.2, 0.25) is 0 Å². The molecule has 0 aromatic heterocycles.